The van der Waals surface area contributed by atoms with Crippen molar-refractivity contribution >= 4 is 0 Å². The van der Waals surface area contributed by atoms with Crippen molar-refractivity contribution in [2.24, 2.45) is 0 Å². The van der Waals surface area contributed by atoms with E-state index in [1.54, 1.807) is 7.11 Å². The number of phenols is 1. The fraction of sp³-hybridized carbons (Fsp3) is 0.455. The molecular weight excluding hydrogens is 164 g/mol. The molecule has 0 aliphatic heterocycles. The molecule has 0 unspecified atom stereocenters. The summed E-state index contributed by atoms with van der Waals surface area (Å²) in [4.78, 5) is 0. The van der Waals surface area contributed by atoms with E-state index < -0.39 is 0 Å². The quantitative estimate of drug-likeness (QED) is 0.720. The molecule has 0 fully saturated rings. The van der Waals surface area contributed by atoms with Gasteiger partial charge < -0.3 is 9.84 Å². The molecule has 0 aliphatic carbocycles. The van der Waals surface area contributed by atoms with Crippen molar-refractivity contribution in [2.75, 3.05) is 7.11 Å². The third-order valence-corrected chi connectivity index (χ3v) is 2.72. The fourth-order valence-electron chi connectivity index (χ4n) is 1.61. The Morgan fingerprint density at radius 3 is 1.85 bits per heavy atom. The van der Waals surface area contributed by atoms with Gasteiger partial charge in [-0.3, -0.25) is 0 Å². The number of benzene rings is 1. The molecule has 1 rings (SSSR count). The van der Waals surface area contributed by atoms with Crippen molar-refractivity contribution in [1.82, 2.24) is 0 Å². The van der Waals surface area contributed by atoms with Crippen LogP contribution in [0.3, 0.4) is 0 Å². The van der Waals surface area contributed by atoms with E-state index in [2.05, 4.69) is 0 Å². The molecular formula is C11H16O2. The molecule has 2 nitrogen and oxygen atoms in total. The number of hydrogen-bond donors (Lipinski definition) is 1. The summed E-state index contributed by atoms with van der Waals surface area (Å²) in [6.45, 7) is 7.79. The summed E-state index contributed by atoms with van der Waals surface area (Å²) in [5.74, 6) is 1.14. The van der Waals surface area contributed by atoms with Crippen LogP contribution in [0.15, 0.2) is 0 Å². The van der Waals surface area contributed by atoms with Crippen molar-refractivity contribution in [3.63, 3.8) is 0 Å². The van der Waals surface area contributed by atoms with E-state index in [1.165, 1.54) is 0 Å². The first kappa shape index (κ1) is 9.90. The van der Waals surface area contributed by atoms with Crippen LogP contribution in [0.1, 0.15) is 22.3 Å². The molecule has 0 heterocycles. The van der Waals surface area contributed by atoms with Crippen LogP contribution in [-0.4, -0.2) is 12.2 Å². The summed E-state index contributed by atoms with van der Waals surface area (Å²) in [5, 5.41) is 9.74. The Morgan fingerprint density at radius 2 is 1.38 bits per heavy atom. The lowest BCUT2D eigenvalue weighted by atomic mass is 9.98. The SMILES string of the molecule is COc1c(C)c(C)c(C)c(O)c1C. The molecule has 0 radical (unpaired) electrons. The van der Waals surface area contributed by atoms with Gasteiger partial charge in [0.1, 0.15) is 11.5 Å². The van der Waals surface area contributed by atoms with Crippen LogP contribution in [0.4, 0.5) is 0 Å². The average Bonchev–Trinajstić information content (AvgIpc) is 2.13. The van der Waals surface area contributed by atoms with Crippen LogP contribution in [0.5, 0.6) is 11.5 Å². The van der Waals surface area contributed by atoms with Crippen molar-refractivity contribution in [2.45, 2.75) is 27.7 Å². The summed E-state index contributed by atoms with van der Waals surface area (Å²) in [7, 11) is 1.63. The van der Waals surface area contributed by atoms with E-state index in [-0.39, 0.29) is 0 Å². The first-order chi connectivity index (χ1) is 6.00. The van der Waals surface area contributed by atoms with Gasteiger partial charge in [-0.2, -0.15) is 0 Å². The summed E-state index contributed by atoms with van der Waals surface area (Å²) in [5.41, 5.74) is 3.97. The molecule has 2 heteroatoms. The maximum atomic E-state index is 9.74. The van der Waals surface area contributed by atoms with E-state index in [4.69, 9.17) is 4.74 Å². The Morgan fingerprint density at radius 1 is 0.846 bits per heavy atom. The largest absolute Gasteiger partial charge is 0.507 e. The third-order valence-electron chi connectivity index (χ3n) is 2.72. The Labute approximate surface area is 79.2 Å². The topological polar surface area (TPSA) is 29.5 Å². The van der Waals surface area contributed by atoms with Gasteiger partial charge in [-0.05, 0) is 44.4 Å². The van der Waals surface area contributed by atoms with E-state index in [1.807, 2.05) is 27.7 Å². The van der Waals surface area contributed by atoms with E-state index in [9.17, 15) is 5.11 Å². The summed E-state index contributed by atoms with van der Waals surface area (Å²) < 4.78 is 5.23. The predicted octanol–water partition coefficient (Wildman–Crippen LogP) is 2.63. The highest BCUT2D eigenvalue weighted by atomic mass is 16.5. The molecule has 0 atom stereocenters. The second-order valence-electron chi connectivity index (χ2n) is 3.38. The Bertz CT molecular complexity index is 311. The number of aromatic hydroxyl groups is 1. The van der Waals surface area contributed by atoms with Gasteiger partial charge in [0.25, 0.3) is 0 Å². The Hall–Kier alpha value is -1.18. The first-order valence-corrected chi connectivity index (χ1v) is 4.34. The van der Waals surface area contributed by atoms with E-state index in [0.29, 0.717) is 5.75 Å². The van der Waals surface area contributed by atoms with Gasteiger partial charge in [0.15, 0.2) is 0 Å². The third kappa shape index (κ3) is 1.37. The van der Waals surface area contributed by atoms with E-state index >= 15 is 0 Å². The predicted molar refractivity (Wildman–Crippen MR) is 53.6 cm³/mol. The highest BCUT2D eigenvalue weighted by molar-refractivity contribution is 5.56. The first-order valence-electron chi connectivity index (χ1n) is 4.34. The van der Waals surface area contributed by atoms with Crippen LogP contribution < -0.4 is 4.74 Å². The molecule has 0 saturated heterocycles. The zero-order valence-corrected chi connectivity index (χ0v) is 8.86. The molecule has 1 aromatic carbocycles. The lowest BCUT2D eigenvalue weighted by Gasteiger charge is -2.15. The van der Waals surface area contributed by atoms with Crippen LogP contribution in [0.2, 0.25) is 0 Å². The van der Waals surface area contributed by atoms with Crippen LogP contribution in [0.25, 0.3) is 0 Å². The summed E-state index contributed by atoms with van der Waals surface area (Å²) in [6, 6.07) is 0. The normalized spacial score (nSPS) is 10.2. The maximum absolute atomic E-state index is 9.74. The average molecular weight is 180 g/mol. The highest BCUT2D eigenvalue weighted by Gasteiger charge is 2.13. The molecule has 1 N–H and O–H groups in total. The number of ether oxygens (including phenoxy) is 1. The minimum atomic E-state index is 0.347. The number of phenolic OH excluding ortho intramolecular Hbond substituents is 1. The number of methoxy groups -OCH3 is 1. The smallest absolute Gasteiger partial charge is 0.128 e. The zero-order valence-electron chi connectivity index (χ0n) is 8.86. The summed E-state index contributed by atoms with van der Waals surface area (Å²) >= 11 is 0. The van der Waals surface area contributed by atoms with Gasteiger partial charge in [0.2, 0.25) is 0 Å². The zero-order chi connectivity index (χ0) is 10.2. The lowest BCUT2D eigenvalue weighted by molar-refractivity contribution is 0.398. The van der Waals surface area contributed by atoms with Gasteiger partial charge in [0.05, 0.1) is 7.11 Å². The van der Waals surface area contributed by atoms with E-state index in [0.717, 1.165) is 28.0 Å². The minimum absolute atomic E-state index is 0.347. The summed E-state index contributed by atoms with van der Waals surface area (Å²) in [6.07, 6.45) is 0. The molecule has 0 saturated carbocycles. The Balaban J connectivity index is 3.56. The second kappa shape index (κ2) is 3.29. The molecule has 72 valence electrons. The highest BCUT2D eigenvalue weighted by Crippen LogP contribution is 2.36. The van der Waals surface area contributed by atoms with Crippen molar-refractivity contribution < 1.29 is 9.84 Å². The van der Waals surface area contributed by atoms with Crippen LogP contribution >= 0.6 is 0 Å². The molecule has 1 aromatic rings. The van der Waals surface area contributed by atoms with Crippen molar-refractivity contribution in [3.05, 3.63) is 22.3 Å². The minimum Gasteiger partial charge on any atom is -0.507 e. The van der Waals surface area contributed by atoms with Gasteiger partial charge in [-0.25, -0.2) is 0 Å². The number of rotatable bonds is 1. The lowest BCUT2D eigenvalue weighted by Crippen LogP contribution is -1.97. The van der Waals surface area contributed by atoms with Crippen molar-refractivity contribution in [3.8, 4) is 11.5 Å². The fourth-order valence-corrected chi connectivity index (χ4v) is 1.61. The van der Waals surface area contributed by atoms with Gasteiger partial charge >= 0.3 is 0 Å². The molecule has 13 heavy (non-hydrogen) atoms. The van der Waals surface area contributed by atoms with Gasteiger partial charge in [0, 0.05) is 5.56 Å². The molecule has 0 aliphatic rings. The Kier molecular flexibility index (Phi) is 2.50. The monoisotopic (exact) mass is 180 g/mol. The molecule has 0 aromatic heterocycles. The van der Waals surface area contributed by atoms with Crippen molar-refractivity contribution in [1.29, 1.82) is 0 Å². The van der Waals surface area contributed by atoms with Gasteiger partial charge in [-0.1, -0.05) is 0 Å². The maximum Gasteiger partial charge on any atom is 0.128 e. The van der Waals surface area contributed by atoms with Gasteiger partial charge in [-0.15, -0.1) is 0 Å². The molecule has 0 spiro atoms. The second-order valence-corrected chi connectivity index (χ2v) is 3.38. The molecule has 0 amide bonds. The standard InChI is InChI=1S/C11H16O2/c1-6-7(2)10(12)9(4)11(13-5)8(6)3/h12H,1-5H3. The number of hydrogen-bond acceptors (Lipinski definition) is 2. The molecule has 0 bridgehead atoms. The van der Waals surface area contributed by atoms with Crippen LogP contribution in [0, 0.1) is 27.7 Å². The van der Waals surface area contributed by atoms with Crippen LogP contribution in [-0.2, 0) is 0 Å².